The highest BCUT2D eigenvalue weighted by molar-refractivity contribution is 9.11. The quantitative estimate of drug-likeness (QED) is 0.795. The number of nitrogens with two attached hydrogens (primary N) is 1. The van der Waals surface area contributed by atoms with Crippen LogP contribution in [0.1, 0.15) is 13.8 Å². The molecule has 114 valence electrons. The number of sulfonamides is 1. The van der Waals surface area contributed by atoms with E-state index in [0.717, 1.165) is 14.5 Å². The van der Waals surface area contributed by atoms with E-state index >= 15 is 0 Å². The minimum absolute atomic E-state index is 0.217. The molecule has 1 aromatic heterocycles. The molecule has 0 saturated heterocycles. The molecule has 0 aliphatic heterocycles. The van der Waals surface area contributed by atoms with Crippen molar-refractivity contribution in [2.75, 3.05) is 0 Å². The Morgan fingerprint density at radius 2 is 1.95 bits per heavy atom. The van der Waals surface area contributed by atoms with Crippen LogP contribution >= 0.6 is 31.9 Å². The fourth-order valence-corrected chi connectivity index (χ4v) is 3.75. The molecule has 6 nitrogen and oxygen atoms in total. The lowest BCUT2D eigenvalue weighted by atomic mass is 10.2. The number of rotatable bonds is 4. The maximum atomic E-state index is 11.7. The summed E-state index contributed by atoms with van der Waals surface area (Å²) in [6, 6.07) is 5.55. The van der Waals surface area contributed by atoms with Gasteiger partial charge in [0.15, 0.2) is 5.82 Å². The SMILES string of the molecule is CC(C)Cn1c(-c2ccc(Br)cc2Br)nnc1S(N)(=O)=O. The Kier molecular flexibility index (Phi) is 4.86. The molecular weight excluding hydrogens is 424 g/mol. The zero-order chi connectivity index (χ0) is 15.8. The maximum Gasteiger partial charge on any atom is 0.273 e. The average molecular weight is 438 g/mol. The van der Waals surface area contributed by atoms with E-state index in [-0.39, 0.29) is 11.1 Å². The van der Waals surface area contributed by atoms with Gasteiger partial charge < -0.3 is 0 Å². The lowest BCUT2D eigenvalue weighted by Crippen LogP contribution is -2.20. The molecule has 2 aromatic rings. The van der Waals surface area contributed by atoms with Crippen molar-refractivity contribution in [3.05, 3.63) is 27.1 Å². The average Bonchev–Trinajstić information content (AvgIpc) is 2.71. The van der Waals surface area contributed by atoms with Gasteiger partial charge in [-0.15, -0.1) is 10.2 Å². The lowest BCUT2D eigenvalue weighted by Gasteiger charge is -2.12. The number of primary sulfonamides is 1. The van der Waals surface area contributed by atoms with Crippen LogP contribution in [-0.4, -0.2) is 23.2 Å². The van der Waals surface area contributed by atoms with Crippen molar-refractivity contribution in [2.24, 2.45) is 11.1 Å². The molecule has 0 bridgehead atoms. The fraction of sp³-hybridized carbons (Fsp3) is 0.333. The number of hydrogen-bond donors (Lipinski definition) is 1. The van der Waals surface area contributed by atoms with Crippen LogP contribution in [-0.2, 0) is 16.6 Å². The normalized spacial score (nSPS) is 12.1. The van der Waals surface area contributed by atoms with Gasteiger partial charge in [0, 0.05) is 21.1 Å². The van der Waals surface area contributed by atoms with E-state index in [1.807, 2.05) is 32.0 Å². The van der Waals surface area contributed by atoms with Crippen molar-refractivity contribution in [2.45, 2.75) is 25.5 Å². The first-order chi connectivity index (χ1) is 9.70. The van der Waals surface area contributed by atoms with Crippen LogP contribution in [0.2, 0.25) is 0 Å². The molecule has 0 radical (unpaired) electrons. The van der Waals surface area contributed by atoms with E-state index < -0.39 is 10.0 Å². The molecule has 2 N–H and O–H groups in total. The third-order valence-electron chi connectivity index (χ3n) is 2.69. The van der Waals surface area contributed by atoms with Crippen LogP contribution in [0.15, 0.2) is 32.3 Å². The summed E-state index contributed by atoms with van der Waals surface area (Å²) < 4.78 is 26.5. The third-order valence-corrected chi connectivity index (χ3v) is 4.65. The highest BCUT2D eigenvalue weighted by Gasteiger charge is 2.23. The van der Waals surface area contributed by atoms with Crippen LogP contribution in [0.25, 0.3) is 11.4 Å². The van der Waals surface area contributed by atoms with Crippen molar-refractivity contribution < 1.29 is 8.42 Å². The molecule has 0 spiro atoms. The first-order valence-electron chi connectivity index (χ1n) is 6.11. The zero-order valence-electron chi connectivity index (χ0n) is 11.4. The highest BCUT2D eigenvalue weighted by Crippen LogP contribution is 2.31. The third kappa shape index (κ3) is 3.71. The van der Waals surface area contributed by atoms with Crippen molar-refractivity contribution in [3.63, 3.8) is 0 Å². The molecule has 9 heteroatoms. The molecule has 21 heavy (non-hydrogen) atoms. The van der Waals surface area contributed by atoms with Gasteiger partial charge in [-0.2, -0.15) is 0 Å². The second kappa shape index (κ2) is 6.15. The van der Waals surface area contributed by atoms with Crippen molar-refractivity contribution >= 4 is 41.9 Å². The Bertz CT molecular complexity index is 772. The fourth-order valence-electron chi connectivity index (χ4n) is 1.90. The van der Waals surface area contributed by atoms with Gasteiger partial charge >= 0.3 is 0 Å². The molecule has 0 aliphatic rings. The van der Waals surface area contributed by atoms with E-state index in [9.17, 15) is 8.42 Å². The topological polar surface area (TPSA) is 90.9 Å². The molecule has 1 aromatic carbocycles. The number of hydrogen-bond acceptors (Lipinski definition) is 4. The molecule has 0 aliphatic carbocycles. The van der Waals surface area contributed by atoms with Crippen LogP contribution in [0.3, 0.4) is 0 Å². The molecular formula is C12H14Br2N4O2S. The van der Waals surface area contributed by atoms with Crippen LogP contribution < -0.4 is 5.14 Å². The summed E-state index contributed by atoms with van der Waals surface area (Å²) in [6.07, 6.45) is 0. The number of halogens is 2. The summed E-state index contributed by atoms with van der Waals surface area (Å²) in [7, 11) is -3.92. The van der Waals surface area contributed by atoms with Gasteiger partial charge in [0.05, 0.1) is 0 Å². The summed E-state index contributed by atoms with van der Waals surface area (Å²) in [5.74, 6) is 0.682. The van der Waals surface area contributed by atoms with E-state index in [1.165, 1.54) is 4.57 Å². The molecule has 0 atom stereocenters. The second-order valence-electron chi connectivity index (χ2n) is 4.98. The summed E-state index contributed by atoms with van der Waals surface area (Å²) >= 11 is 6.83. The van der Waals surface area contributed by atoms with Gasteiger partial charge in [-0.25, -0.2) is 13.6 Å². The monoisotopic (exact) mass is 436 g/mol. The van der Waals surface area contributed by atoms with Gasteiger partial charge in [0.1, 0.15) is 0 Å². The zero-order valence-corrected chi connectivity index (χ0v) is 15.4. The Morgan fingerprint density at radius 3 is 2.48 bits per heavy atom. The number of benzene rings is 1. The van der Waals surface area contributed by atoms with Crippen LogP contribution in [0.4, 0.5) is 0 Å². The summed E-state index contributed by atoms with van der Waals surface area (Å²) in [5.41, 5.74) is 0.751. The smallest absolute Gasteiger partial charge is 0.273 e. The molecule has 0 unspecified atom stereocenters. The Hall–Kier alpha value is -0.770. The van der Waals surface area contributed by atoms with Crippen molar-refractivity contribution in [1.82, 2.24) is 14.8 Å². The van der Waals surface area contributed by atoms with Gasteiger partial charge in [0.25, 0.3) is 15.2 Å². The molecule has 0 fully saturated rings. The van der Waals surface area contributed by atoms with Crippen LogP contribution in [0, 0.1) is 5.92 Å². The van der Waals surface area contributed by atoms with Crippen molar-refractivity contribution in [3.8, 4) is 11.4 Å². The Morgan fingerprint density at radius 1 is 1.29 bits per heavy atom. The van der Waals surface area contributed by atoms with E-state index in [4.69, 9.17) is 5.14 Å². The molecule has 0 saturated carbocycles. The standard InChI is InChI=1S/C12H14Br2N4O2S/c1-7(2)6-18-11(16-17-12(18)21(15,19)20)9-4-3-8(13)5-10(9)14/h3-5,7H,6H2,1-2H3,(H2,15,19,20). The van der Waals surface area contributed by atoms with E-state index in [2.05, 4.69) is 42.1 Å². The van der Waals surface area contributed by atoms with Gasteiger partial charge in [0.2, 0.25) is 0 Å². The summed E-state index contributed by atoms with van der Waals surface area (Å²) in [5, 5.41) is 12.7. The lowest BCUT2D eigenvalue weighted by molar-refractivity contribution is 0.486. The molecule has 2 rings (SSSR count). The predicted octanol–water partition coefficient (Wildman–Crippen LogP) is 2.77. The van der Waals surface area contributed by atoms with Gasteiger partial charge in [-0.05, 0) is 40.0 Å². The van der Waals surface area contributed by atoms with Crippen molar-refractivity contribution in [1.29, 1.82) is 0 Å². The minimum Gasteiger partial charge on any atom is -0.296 e. The summed E-state index contributed by atoms with van der Waals surface area (Å²) in [6.45, 7) is 4.41. The Labute approximate surface area is 140 Å². The largest absolute Gasteiger partial charge is 0.296 e. The number of aromatic nitrogens is 3. The summed E-state index contributed by atoms with van der Waals surface area (Å²) in [4.78, 5) is 0. The second-order valence-corrected chi connectivity index (χ2v) is 8.20. The predicted molar refractivity (Wildman–Crippen MR) is 87.1 cm³/mol. The van der Waals surface area contributed by atoms with Gasteiger partial charge in [-0.3, -0.25) is 4.57 Å². The van der Waals surface area contributed by atoms with E-state index in [0.29, 0.717) is 12.4 Å². The van der Waals surface area contributed by atoms with E-state index in [1.54, 1.807) is 0 Å². The highest BCUT2D eigenvalue weighted by atomic mass is 79.9. The van der Waals surface area contributed by atoms with Crippen LogP contribution in [0.5, 0.6) is 0 Å². The molecule has 0 amide bonds. The Balaban J connectivity index is 2.66. The van der Waals surface area contributed by atoms with Gasteiger partial charge in [-0.1, -0.05) is 29.8 Å². The maximum absolute atomic E-state index is 11.7. The first kappa shape index (κ1) is 16.6. The molecule has 1 heterocycles. The first-order valence-corrected chi connectivity index (χ1v) is 9.25. The number of nitrogens with zero attached hydrogens (tertiary/aromatic N) is 3. The minimum atomic E-state index is -3.92.